The fourth-order valence-electron chi connectivity index (χ4n) is 5.67. The monoisotopic (exact) mass is 426 g/mol. The first-order valence-corrected chi connectivity index (χ1v) is 11.1. The molecule has 3 saturated carbocycles. The second-order valence-electron chi connectivity index (χ2n) is 9.01. The lowest BCUT2D eigenvalue weighted by molar-refractivity contribution is -0.223. The van der Waals surface area contributed by atoms with Crippen LogP contribution in [0.1, 0.15) is 47.0 Å². The lowest BCUT2D eigenvalue weighted by atomic mass is 9.34. The van der Waals surface area contributed by atoms with Gasteiger partial charge in [0.25, 0.3) is 0 Å². The fourth-order valence-corrected chi connectivity index (χ4v) is 6.58. The van der Waals surface area contributed by atoms with Gasteiger partial charge in [-0.15, -0.1) is 11.3 Å². The number of nitriles is 2. The van der Waals surface area contributed by atoms with Crippen molar-refractivity contribution in [2.24, 2.45) is 15.9 Å². The molecule has 1 unspecified atom stereocenters. The number of rotatable bonds is 4. The van der Waals surface area contributed by atoms with Crippen LogP contribution in [0.4, 0.5) is 0 Å². The number of hydrazone groups is 1. The van der Waals surface area contributed by atoms with Crippen molar-refractivity contribution in [2.45, 2.75) is 38.3 Å². The Kier molecular flexibility index (Phi) is 3.69. The standard InChI is InChI=1S/C23H18N6OS/c24-8-15-1-3-18-16(7-15)10-27-28(18)14-22-11-23(12-22,13-22)21(30)29-19(5-6-26-29)20-4-2-17(9-25)31-20/h1-4,6-7,10,19H,5,11-14H2. The molecule has 1 atom stereocenters. The van der Waals surface area contributed by atoms with E-state index in [-0.39, 0.29) is 22.8 Å². The van der Waals surface area contributed by atoms with Crippen molar-refractivity contribution >= 4 is 34.4 Å². The summed E-state index contributed by atoms with van der Waals surface area (Å²) in [6, 6.07) is 13.6. The van der Waals surface area contributed by atoms with E-state index in [2.05, 4.69) is 22.3 Å². The average Bonchev–Trinajstić information content (AvgIpc) is 3.47. The number of aromatic nitrogens is 2. The highest BCUT2D eigenvalue weighted by atomic mass is 32.1. The van der Waals surface area contributed by atoms with Crippen LogP contribution in [-0.4, -0.2) is 26.9 Å². The third-order valence-electron chi connectivity index (χ3n) is 6.95. The lowest BCUT2D eigenvalue weighted by Gasteiger charge is -2.69. The molecule has 2 bridgehead atoms. The maximum Gasteiger partial charge on any atom is 0.249 e. The van der Waals surface area contributed by atoms with E-state index in [0.29, 0.717) is 16.9 Å². The molecule has 152 valence electrons. The van der Waals surface area contributed by atoms with Crippen LogP contribution in [0, 0.1) is 33.5 Å². The Morgan fingerprint density at radius 3 is 2.77 bits per heavy atom. The zero-order valence-corrected chi connectivity index (χ0v) is 17.5. The summed E-state index contributed by atoms with van der Waals surface area (Å²) < 4.78 is 2.01. The highest BCUT2D eigenvalue weighted by Gasteiger charge is 2.72. The highest BCUT2D eigenvalue weighted by molar-refractivity contribution is 7.12. The molecule has 8 heteroatoms. The predicted octanol–water partition coefficient (Wildman–Crippen LogP) is 3.97. The van der Waals surface area contributed by atoms with Gasteiger partial charge in [-0.05, 0) is 55.0 Å². The Labute approximate surface area is 182 Å². The van der Waals surface area contributed by atoms with Crippen LogP contribution in [-0.2, 0) is 11.3 Å². The van der Waals surface area contributed by atoms with Gasteiger partial charge in [-0.25, -0.2) is 5.01 Å². The molecule has 0 saturated heterocycles. The molecule has 0 radical (unpaired) electrons. The third kappa shape index (κ3) is 2.58. The van der Waals surface area contributed by atoms with Gasteiger partial charge in [0.2, 0.25) is 5.91 Å². The van der Waals surface area contributed by atoms with Crippen molar-refractivity contribution < 1.29 is 4.79 Å². The van der Waals surface area contributed by atoms with E-state index in [1.165, 1.54) is 11.3 Å². The fraction of sp³-hybridized carbons (Fsp3) is 0.348. The molecule has 1 aromatic carbocycles. The van der Waals surface area contributed by atoms with Gasteiger partial charge in [0.1, 0.15) is 10.9 Å². The normalized spacial score (nSPS) is 28.1. The van der Waals surface area contributed by atoms with E-state index in [1.807, 2.05) is 41.2 Å². The Morgan fingerprint density at radius 2 is 2.03 bits per heavy atom. The van der Waals surface area contributed by atoms with E-state index >= 15 is 0 Å². The minimum Gasteiger partial charge on any atom is -0.272 e. The van der Waals surface area contributed by atoms with E-state index in [0.717, 1.165) is 41.6 Å². The maximum absolute atomic E-state index is 13.4. The number of nitrogens with zero attached hydrogens (tertiary/aromatic N) is 6. The topological polar surface area (TPSA) is 98.1 Å². The van der Waals surface area contributed by atoms with Crippen molar-refractivity contribution in [2.75, 3.05) is 0 Å². The molecular weight excluding hydrogens is 408 g/mol. The Balaban J connectivity index is 1.16. The summed E-state index contributed by atoms with van der Waals surface area (Å²) in [4.78, 5) is 15.1. The van der Waals surface area contributed by atoms with Crippen LogP contribution in [0.5, 0.6) is 0 Å². The van der Waals surface area contributed by atoms with Crippen molar-refractivity contribution in [1.82, 2.24) is 14.8 Å². The van der Waals surface area contributed by atoms with Gasteiger partial charge in [0.05, 0.1) is 34.8 Å². The molecule has 1 amide bonds. The van der Waals surface area contributed by atoms with Gasteiger partial charge in [0, 0.05) is 29.4 Å². The van der Waals surface area contributed by atoms with Gasteiger partial charge in [-0.1, -0.05) is 0 Å². The van der Waals surface area contributed by atoms with Crippen molar-refractivity contribution in [3.05, 3.63) is 51.8 Å². The highest BCUT2D eigenvalue weighted by Crippen LogP contribution is 2.74. The largest absolute Gasteiger partial charge is 0.272 e. The minimum absolute atomic E-state index is 0.0889. The summed E-state index contributed by atoms with van der Waals surface area (Å²) in [7, 11) is 0. The average molecular weight is 427 g/mol. The van der Waals surface area contributed by atoms with Gasteiger partial charge in [-0.3, -0.25) is 9.48 Å². The van der Waals surface area contributed by atoms with Crippen LogP contribution in [0.15, 0.2) is 41.6 Å². The predicted molar refractivity (Wildman–Crippen MR) is 115 cm³/mol. The summed E-state index contributed by atoms with van der Waals surface area (Å²) in [6.07, 6.45) is 6.90. The zero-order valence-electron chi connectivity index (χ0n) is 16.7. The molecule has 0 N–H and O–H groups in total. The molecule has 2 aromatic heterocycles. The summed E-state index contributed by atoms with van der Waals surface area (Å²) >= 11 is 1.44. The number of amides is 1. The smallest absolute Gasteiger partial charge is 0.249 e. The summed E-state index contributed by atoms with van der Waals surface area (Å²) in [6.45, 7) is 0.792. The number of thiophene rings is 1. The van der Waals surface area contributed by atoms with E-state index in [4.69, 9.17) is 10.5 Å². The zero-order chi connectivity index (χ0) is 21.2. The molecule has 3 fully saturated rings. The second kappa shape index (κ2) is 6.26. The van der Waals surface area contributed by atoms with E-state index in [1.54, 1.807) is 11.2 Å². The number of fused-ring (bicyclic) bond motifs is 1. The van der Waals surface area contributed by atoms with Crippen LogP contribution >= 0.6 is 11.3 Å². The maximum atomic E-state index is 13.4. The van der Waals surface area contributed by atoms with Gasteiger partial charge in [0.15, 0.2) is 0 Å². The molecular formula is C23H18N6OS. The Bertz CT molecular complexity index is 1330. The number of hydrogen-bond donors (Lipinski definition) is 0. The van der Waals surface area contributed by atoms with Crippen molar-refractivity contribution in [3.63, 3.8) is 0 Å². The molecule has 1 aliphatic heterocycles. The molecule has 7 rings (SSSR count). The molecule has 31 heavy (non-hydrogen) atoms. The lowest BCUT2D eigenvalue weighted by Crippen LogP contribution is -2.68. The first kappa shape index (κ1) is 18.3. The first-order valence-electron chi connectivity index (χ1n) is 10.3. The van der Waals surface area contributed by atoms with Crippen LogP contribution < -0.4 is 0 Å². The quantitative estimate of drug-likeness (QED) is 0.630. The van der Waals surface area contributed by atoms with Crippen LogP contribution in [0.2, 0.25) is 0 Å². The van der Waals surface area contributed by atoms with E-state index in [9.17, 15) is 4.79 Å². The molecule has 7 nitrogen and oxygen atoms in total. The van der Waals surface area contributed by atoms with Crippen molar-refractivity contribution in [3.8, 4) is 12.1 Å². The summed E-state index contributed by atoms with van der Waals surface area (Å²) in [5.74, 6) is 0.115. The van der Waals surface area contributed by atoms with Gasteiger partial charge in [-0.2, -0.15) is 20.7 Å². The Morgan fingerprint density at radius 1 is 1.19 bits per heavy atom. The van der Waals surface area contributed by atoms with Crippen LogP contribution in [0.25, 0.3) is 10.9 Å². The van der Waals surface area contributed by atoms with E-state index < -0.39 is 0 Å². The molecule has 3 aliphatic carbocycles. The summed E-state index contributed by atoms with van der Waals surface area (Å²) in [5, 5.41) is 29.7. The Hall–Kier alpha value is -3.49. The molecule has 3 aromatic rings. The van der Waals surface area contributed by atoms with Gasteiger partial charge < -0.3 is 0 Å². The molecule has 3 heterocycles. The second-order valence-corrected chi connectivity index (χ2v) is 10.1. The molecule has 4 aliphatic rings. The number of hydrogen-bond acceptors (Lipinski definition) is 6. The van der Waals surface area contributed by atoms with Crippen LogP contribution in [0.3, 0.4) is 0 Å². The van der Waals surface area contributed by atoms with Gasteiger partial charge >= 0.3 is 0 Å². The number of benzene rings is 1. The van der Waals surface area contributed by atoms with Crippen molar-refractivity contribution in [1.29, 1.82) is 10.5 Å². The summed E-state index contributed by atoms with van der Waals surface area (Å²) in [5.41, 5.74) is 1.49. The first-order chi connectivity index (χ1) is 15.0. The SMILES string of the molecule is N#Cc1ccc2c(cnn2CC23CC(C(=O)N4N=CCC4c4ccc(C#N)s4)(C2)C3)c1. The number of carbonyl (C=O) groups excluding carboxylic acids is 1. The number of carbonyl (C=O) groups is 1. The third-order valence-corrected chi connectivity index (χ3v) is 8.04. The minimum atomic E-state index is -0.299. The molecule has 0 spiro atoms.